The highest BCUT2D eigenvalue weighted by atomic mass is 16.5. The van der Waals surface area contributed by atoms with Crippen molar-refractivity contribution in [1.29, 1.82) is 0 Å². The molecular weight excluding hydrogens is 414 g/mol. The van der Waals surface area contributed by atoms with Gasteiger partial charge in [-0.2, -0.15) is 0 Å². The molecule has 0 aliphatic rings. The van der Waals surface area contributed by atoms with Crippen molar-refractivity contribution in [3.63, 3.8) is 0 Å². The molecule has 0 radical (unpaired) electrons. The third-order valence-corrected chi connectivity index (χ3v) is 4.83. The number of carbonyl (C=O) groups excluding carboxylic acids is 2. The Bertz CT molecular complexity index is 1270. The normalized spacial score (nSPS) is 10.9. The number of pyridine rings is 1. The van der Waals surface area contributed by atoms with Crippen LogP contribution in [-0.4, -0.2) is 33.6 Å². The molecule has 3 rings (SSSR count). The molecule has 0 bridgehead atoms. The topological polar surface area (TPSA) is 135 Å². The Morgan fingerprint density at radius 3 is 2.31 bits per heavy atom. The van der Waals surface area contributed by atoms with E-state index in [1.807, 2.05) is 20.8 Å². The molecule has 0 fully saturated rings. The largest absolute Gasteiger partial charge is 0.453 e. The summed E-state index contributed by atoms with van der Waals surface area (Å²) in [4.78, 5) is 56.3. The number of aryl methyl sites for hydroxylation is 1. The molecule has 2 amide bonds. The summed E-state index contributed by atoms with van der Waals surface area (Å²) >= 11 is 0. The summed E-state index contributed by atoms with van der Waals surface area (Å²) in [7, 11) is 1.26. The standard InChI is InChI=1S/C22H25N5O5/c1-5-10-27-18-17(20(29)26-21(27)30)15(11-16(25-18)12(2)3)19(28)23-13-6-8-14(9-7-13)24-22(31)32-4/h6-9,11-12H,5,10H2,1-4H3,(H,23,28)(H,24,31)(H,26,29,30). The number of ether oxygens (including phenoxy) is 1. The minimum absolute atomic E-state index is 0.0286. The Kier molecular flexibility index (Phi) is 6.72. The van der Waals surface area contributed by atoms with Gasteiger partial charge in [0.15, 0.2) is 5.65 Å². The fourth-order valence-electron chi connectivity index (χ4n) is 3.20. The van der Waals surface area contributed by atoms with E-state index in [4.69, 9.17) is 0 Å². The molecule has 10 nitrogen and oxygen atoms in total. The van der Waals surface area contributed by atoms with Crippen molar-refractivity contribution in [1.82, 2.24) is 14.5 Å². The first-order valence-corrected chi connectivity index (χ1v) is 10.2. The predicted octanol–water partition coefficient (Wildman–Crippen LogP) is 3.05. The highest BCUT2D eigenvalue weighted by Crippen LogP contribution is 2.22. The van der Waals surface area contributed by atoms with Crippen LogP contribution in [-0.2, 0) is 11.3 Å². The number of nitrogens with one attached hydrogen (secondary N) is 3. The molecule has 0 atom stereocenters. The monoisotopic (exact) mass is 439 g/mol. The smallest absolute Gasteiger partial charge is 0.411 e. The van der Waals surface area contributed by atoms with E-state index in [9.17, 15) is 19.2 Å². The van der Waals surface area contributed by atoms with Gasteiger partial charge in [0.2, 0.25) is 0 Å². The number of fused-ring (bicyclic) bond motifs is 1. The van der Waals surface area contributed by atoms with Crippen molar-refractivity contribution in [2.75, 3.05) is 17.7 Å². The number of carbonyl (C=O) groups is 2. The van der Waals surface area contributed by atoms with Gasteiger partial charge in [-0.1, -0.05) is 20.8 Å². The molecule has 0 saturated carbocycles. The Morgan fingerprint density at radius 2 is 1.75 bits per heavy atom. The minimum atomic E-state index is -0.664. The lowest BCUT2D eigenvalue weighted by atomic mass is 10.0. The minimum Gasteiger partial charge on any atom is -0.453 e. The van der Waals surface area contributed by atoms with Crippen molar-refractivity contribution >= 4 is 34.4 Å². The number of hydrogen-bond acceptors (Lipinski definition) is 6. The Labute approximate surface area is 183 Å². The Morgan fingerprint density at radius 1 is 1.12 bits per heavy atom. The van der Waals surface area contributed by atoms with Gasteiger partial charge in [-0.15, -0.1) is 0 Å². The zero-order valence-corrected chi connectivity index (χ0v) is 18.3. The van der Waals surface area contributed by atoms with Gasteiger partial charge in [0.1, 0.15) is 0 Å². The molecule has 0 aliphatic carbocycles. The summed E-state index contributed by atoms with van der Waals surface area (Å²) in [5.74, 6) is -0.542. The average Bonchev–Trinajstić information content (AvgIpc) is 2.76. The highest BCUT2D eigenvalue weighted by molar-refractivity contribution is 6.12. The molecule has 3 N–H and O–H groups in total. The molecule has 32 heavy (non-hydrogen) atoms. The first-order valence-electron chi connectivity index (χ1n) is 10.2. The third kappa shape index (κ3) is 4.69. The number of rotatable bonds is 6. The third-order valence-electron chi connectivity index (χ3n) is 4.83. The molecule has 1 aromatic carbocycles. The number of aromatic nitrogens is 3. The van der Waals surface area contributed by atoms with E-state index in [0.29, 0.717) is 30.0 Å². The van der Waals surface area contributed by atoms with Crippen LogP contribution >= 0.6 is 0 Å². The molecule has 0 saturated heterocycles. The van der Waals surface area contributed by atoms with Crippen LogP contribution in [0, 0.1) is 0 Å². The summed E-state index contributed by atoms with van der Waals surface area (Å²) < 4.78 is 5.92. The lowest BCUT2D eigenvalue weighted by Gasteiger charge is -2.14. The number of hydrogen-bond donors (Lipinski definition) is 3. The van der Waals surface area contributed by atoms with E-state index in [2.05, 4.69) is 25.3 Å². The molecular formula is C22H25N5O5. The predicted molar refractivity (Wildman–Crippen MR) is 121 cm³/mol. The van der Waals surface area contributed by atoms with Gasteiger partial charge in [-0.25, -0.2) is 14.6 Å². The maximum absolute atomic E-state index is 13.1. The van der Waals surface area contributed by atoms with Gasteiger partial charge < -0.3 is 10.1 Å². The maximum Gasteiger partial charge on any atom is 0.411 e. The molecule has 10 heteroatoms. The number of methoxy groups -OCH3 is 1. The average molecular weight is 439 g/mol. The zero-order valence-electron chi connectivity index (χ0n) is 18.3. The lowest BCUT2D eigenvalue weighted by molar-refractivity contribution is 0.102. The van der Waals surface area contributed by atoms with Gasteiger partial charge in [0, 0.05) is 23.6 Å². The number of anilines is 2. The van der Waals surface area contributed by atoms with E-state index in [-0.39, 0.29) is 22.5 Å². The Balaban J connectivity index is 2.06. The van der Waals surface area contributed by atoms with Crippen LogP contribution in [0.2, 0.25) is 0 Å². The van der Waals surface area contributed by atoms with Crippen LogP contribution < -0.4 is 21.9 Å². The number of aromatic amines is 1. The van der Waals surface area contributed by atoms with Crippen LogP contribution in [0.15, 0.2) is 39.9 Å². The summed E-state index contributed by atoms with van der Waals surface area (Å²) in [5, 5.41) is 5.33. The van der Waals surface area contributed by atoms with E-state index in [1.165, 1.54) is 11.7 Å². The van der Waals surface area contributed by atoms with Crippen LogP contribution in [0.25, 0.3) is 11.0 Å². The van der Waals surface area contributed by atoms with Gasteiger partial charge in [0.05, 0.1) is 18.1 Å². The van der Waals surface area contributed by atoms with Gasteiger partial charge in [-0.05, 0) is 42.7 Å². The van der Waals surface area contributed by atoms with Crippen LogP contribution in [0.3, 0.4) is 0 Å². The van der Waals surface area contributed by atoms with Crippen molar-refractivity contribution in [3.05, 3.63) is 62.4 Å². The first-order chi connectivity index (χ1) is 15.2. The fraction of sp³-hybridized carbons (Fsp3) is 0.318. The molecule has 0 unspecified atom stereocenters. The second kappa shape index (κ2) is 9.46. The second-order valence-corrected chi connectivity index (χ2v) is 7.51. The highest BCUT2D eigenvalue weighted by Gasteiger charge is 2.20. The van der Waals surface area contributed by atoms with Crippen molar-refractivity contribution in [2.45, 2.75) is 39.7 Å². The second-order valence-electron chi connectivity index (χ2n) is 7.51. The summed E-state index contributed by atoms with van der Waals surface area (Å²) in [5.41, 5.74) is 0.637. The SMILES string of the molecule is CCCn1c(=O)[nH]c(=O)c2c(C(=O)Nc3ccc(NC(=O)OC)cc3)cc(C(C)C)nc21. The number of H-pyrrole nitrogens is 1. The molecule has 0 aliphatic heterocycles. The van der Waals surface area contributed by atoms with Crippen LogP contribution in [0.4, 0.5) is 16.2 Å². The molecule has 2 heterocycles. The Hall–Kier alpha value is -3.95. The quantitative estimate of drug-likeness (QED) is 0.540. The molecule has 2 aromatic heterocycles. The zero-order chi connectivity index (χ0) is 23.4. The number of amides is 2. The van der Waals surface area contributed by atoms with Crippen molar-refractivity contribution < 1.29 is 14.3 Å². The van der Waals surface area contributed by atoms with Gasteiger partial charge in [0.25, 0.3) is 11.5 Å². The number of nitrogens with zero attached hydrogens (tertiary/aromatic N) is 2. The molecule has 0 spiro atoms. The maximum atomic E-state index is 13.1. The van der Waals surface area contributed by atoms with Crippen LogP contribution in [0.1, 0.15) is 49.2 Å². The summed E-state index contributed by atoms with van der Waals surface area (Å²) in [6.45, 7) is 6.09. The molecule has 168 valence electrons. The fourth-order valence-corrected chi connectivity index (χ4v) is 3.20. The van der Waals surface area contributed by atoms with E-state index >= 15 is 0 Å². The lowest BCUT2D eigenvalue weighted by Crippen LogP contribution is -2.32. The van der Waals surface area contributed by atoms with Crippen molar-refractivity contribution in [2.24, 2.45) is 0 Å². The summed E-state index contributed by atoms with van der Waals surface area (Å²) in [6, 6.07) is 7.98. The number of benzene rings is 1. The summed E-state index contributed by atoms with van der Waals surface area (Å²) in [6.07, 6.45) is 0.0471. The first kappa shape index (κ1) is 22.7. The van der Waals surface area contributed by atoms with Gasteiger partial charge >= 0.3 is 11.8 Å². The van der Waals surface area contributed by atoms with Crippen molar-refractivity contribution in [3.8, 4) is 0 Å². The van der Waals surface area contributed by atoms with E-state index in [0.717, 1.165) is 0 Å². The molecule has 3 aromatic rings. The van der Waals surface area contributed by atoms with E-state index in [1.54, 1.807) is 30.3 Å². The van der Waals surface area contributed by atoms with E-state index < -0.39 is 23.2 Å². The van der Waals surface area contributed by atoms with Gasteiger partial charge in [-0.3, -0.25) is 24.5 Å². The van der Waals surface area contributed by atoms with Crippen LogP contribution in [0.5, 0.6) is 0 Å².